The Bertz CT molecular complexity index is 1360. The molecule has 0 aliphatic rings. The van der Waals surface area contributed by atoms with Gasteiger partial charge in [0.05, 0.1) is 12.3 Å². The minimum atomic E-state index is -0.310. The van der Waals surface area contributed by atoms with Gasteiger partial charge in [0.15, 0.2) is 16.3 Å². The van der Waals surface area contributed by atoms with E-state index in [1.165, 1.54) is 28.7 Å². The Morgan fingerprint density at radius 3 is 2.59 bits per heavy atom. The average Bonchev–Trinajstić information content (AvgIpc) is 2.78. The lowest BCUT2D eigenvalue weighted by Gasteiger charge is -2.13. The molecule has 4 aromatic rings. The maximum Gasteiger partial charge on any atom is 0.282 e. The number of carbonyl (C=O) groups excluding carboxylic acids is 1. The Labute approximate surface area is 193 Å². The van der Waals surface area contributed by atoms with Gasteiger partial charge in [-0.3, -0.25) is 14.2 Å². The minimum absolute atomic E-state index is 0.0894. The Morgan fingerprint density at radius 2 is 1.84 bits per heavy atom. The van der Waals surface area contributed by atoms with Crippen LogP contribution in [0.1, 0.15) is 16.7 Å². The van der Waals surface area contributed by atoms with E-state index in [-0.39, 0.29) is 34.9 Å². The summed E-state index contributed by atoms with van der Waals surface area (Å²) in [4.78, 5) is 38.5. The lowest BCUT2D eigenvalue weighted by atomic mass is 10.1. The molecule has 162 valence electrons. The van der Waals surface area contributed by atoms with Gasteiger partial charge in [-0.15, -0.1) is 0 Å². The van der Waals surface area contributed by atoms with Crippen molar-refractivity contribution in [2.24, 2.45) is 0 Å². The van der Waals surface area contributed by atoms with Crippen molar-refractivity contribution in [1.29, 1.82) is 0 Å². The van der Waals surface area contributed by atoms with E-state index in [0.717, 1.165) is 22.4 Å². The number of carbonyl (C=O) groups is 1. The fourth-order valence-corrected chi connectivity index (χ4v) is 4.13. The van der Waals surface area contributed by atoms with Crippen molar-refractivity contribution in [1.82, 2.24) is 19.5 Å². The summed E-state index contributed by atoms with van der Waals surface area (Å²) < 4.78 is 1.51. The molecule has 4 rings (SSSR count). The number of hydrogen-bond acceptors (Lipinski definition) is 6. The number of nitrogens with zero attached hydrogens (tertiary/aromatic N) is 4. The molecule has 0 spiro atoms. The van der Waals surface area contributed by atoms with Crippen molar-refractivity contribution in [3.63, 3.8) is 0 Å². The molecule has 0 radical (unpaired) electrons. The molecule has 2 heterocycles. The van der Waals surface area contributed by atoms with Gasteiger partial charge in [-0.05, 0) is 43.2 Å². The van der Waals surface area contributed by atoms with Gasteiger partial charge >= 0.3 is 0 Å². The van der Waals surface area contributed by atoms with Crippen molar-refractivity contribution in [2.45, 2.75) is 25.5 Å². The van der Waals surface area contributed by atoms with Gasteiger partial charge < -0.3 is 5.32 Å². The second-order valence-corrected chi connectivity index (χ2v) is 8.67. The quantitative estimate of drug-likeness (QED) is 0.338. The lowest BCUT2D eigenvalue weighted by Crippen LogP contribution is -2.26. The van der Waals surface area contributed by atoms with Gasteiger partial charge in [-0.1, -0.05) is 53.2 Å². The van der Waals surface area contributed by atoms with Crippen molar-refractivity contribution in [3.8, 4) is 0 Å². The van der Waals surface area contributed by atoms with E-state index in [4.69, 9.17) is 11.6 Å². The molecule has 0 aliphatic heterocycles. The number of amides is 1. The van der Waals surface area contributed by atoms with E-state index in [9.17, 15) is 9.59 Å². The van der Waals surface area contributed by atoms with Crippen LogP contribution in [0.4, 0.5) is 5.69 Å². The number of rotatable bonds is 6. The number of aryl methyl sites for hydroxylation is 2. The van der Waals surface area contributed by atoms with Crippen LogP contribution >= 0.6 is 23.4 Å². The fraction of sp³-hybridized carbons (Fsp3) is 0.174. The van der Waals surface area contributed by atoms with Crippen LogP contribution in [0.25, 0.3) is 11.2 Å². The Balaban J connectivity index is 1.61. The van der Waals surface area contributed by atoms with Crippen molar-refractivity contribution < 1.29 is 4.79 Å². The normalized spacial score (nSPS) is 11.0. The number of fused-ring (bicyclic) bond motifs is 1. The fourth-order valence-electron chi connectivity index (χ4n) is 3.22. The molecule has 2 aromatic heterocycles. The summed E-state index contributed by atoms with van der Waals surface area (Å²) in [5.41, 5.74) is 3.88. The van der Waals surface area contributed by atoms with Gasteiger partial charge in [-0.2, -0.15) is 0 Å². The third-order valence-electron chi connectivity index (χ3n) is 4.80. The highest BCUT2D eigenvalue weighted by atomic mass is 35.5. The van der Waals surface area contributed by atoms with Crippen LogP contribution in [0, 0.1) is 13.8 Å². The summed E-state index contributed by atoms with van der Waals surface area (Å²) >= 11 is 7.16. The zero-order chi connectivity index (χ0) is 22.7. The summed E-state index contributed by atoms with van der Waals surface area (Å²) in [7, 11) is 0. The first-order valence-electron chi connectivity index (χ1n) is 9.86. The van der Waals surface area contributed by atoms with E-state index in [2.05, 4.69) is 20.3 Å². The maximum absolute atomic E-state index is 13.1. The number of nitrogens with one attached hydrogen (secondary N) is 1. The maximum atomic E-state index is 13.1. The van der Waals surface area contributed by atoms with Gasteiger partial charge in [0.1, 0.15) is 0 Å². The second-order valence-electron chi connectivity index (χ2n) is 7.30. The largest absolute Gasteiger partial charge is 0.325 e. The predicted molar refractivity (Wildman–Crippen MR) is 127 cm³/mol. The van der Waals surface area contributed by atoms with Crippen molar-refractivity contribution >= 4 is 46.1 Å². The second kappa shape index (κ2) is 9.50. The smallest absolute Gasteiger partial charge is 0.282 e. The van der Waals surface area contributed by atoms with Crippen LogP contribution < -0.4 is 10.9 Å². The molecule has 0 bridgehead atoms. The van der Waals surface area contributed by atoms with Crippen molar-refractivity contribution in [3.05, 3.63) is 86.9 Å². The van der Waals surface area contributed by atoms with E-state index < -0.39 is 0 Å². The highest BCUT2D eigenvalue weighted by Gasteiger charge is 2.15. The van der Waals surface area contributed by atoms with E-state index in [0.29, 0.717) is 10.2 Å². The van der Waals surface area contributed by atoms with Crippen LogP contribution in [0.5, 0.6) is 0 Å². The number of benzene rings is 2. The summed E-state index contributed by atoms with van der Waals surface area (Å²) in [6, 6.07) is 13.1. The number of aromatic nitrogens is 4. The molecule has 0 fully saturated rings. The van der Waals surface area contributed by atoms with Crippen LogP contribution in [-0.4, -0.2) is 31.2 Å². The molecule has 0 saturated carbocycles. The average molecular weight is 466 g/mol. The zero-order valence-corrected chi connectivity index (χ0v) is 19.1. The highest BCUT2D eigenvalue weighted by Crippen LogP contribution is 2.20. The van der Waals surface area contributed by atoms with Crippen LogP contribution in [-0.2, 0) is 11.3 Å². The van der Waals surface area contributed by atoms with Gasteiger partial charge in [0, 0.05) is 23.1 Å². The van der Waals surface area contributed by atoms with Crippen molar-refractivity contribution in [2.75, 3.05) is 11.1 Å². The summed E-state index contributed by atoms with van der Waals surface area (Å²) in [5.74, 6) is -0.0972. The molecule has 1 N–H and O–H groups in total. The standard InChI is InChI=1S/C23H20ClN5O2S/c1-14-3-8-18(15(2)11-14)27-19(30)13-32-23-28-21-20(25-9-10-26-21)22(31)29(23)12-16-4-6-17(24)7-5-16/h3-11H,12-13H2,1-2H3,(H,27,30). The summed E-state index contributed by atoms with van der Waals surface area (Å²) in [6.07, 6.45) is 2.95. The zero-order valence-electron chi connectivity index (χ0n) is 17.5. The third kappa shape index (κ3) is 4.98. The monoisotopic (exact) mass is 465 g/mol. The molecule has 1 amide bonds. The third-order valence-corrected chi connectivity index (χ3v) is 6.03. The molecule has 9 heteroatoms. The first-order chi connectivity index (χ1) is 15.4. The number of hydrogen-bond donors (Lipinski definition) is 1. The van der Waals surface area contributed by atoms with E-state index in [1.807, 2.05) is 44.2 Å². The number of thioether (sulfide) groups is 1. The molecule has 0 saturated heterocycles. The molecule has 0 aliphatic carbocycles. The molecule has 2 aromatic carbocycles. The molecule has 0 atom stereocenters. The first-order valence-corrected chi connectivity index (χ1v) is 11.2. The summed E-state index contributed by atoms with van der Waals surface area (Å²) in [6.45, 7) is 4.22. The molecular formula is C23H20ClN5O2S. The Kier molecular flexibility index (Phi) is 6.53. The van der Waals surface area contributed by atoms with E-state index in [1.54, 1.807) is 12.1 Å². The van der Waals surface area contributed by atoms with E-state index >= 15 is 0 Å². The number of anilines is 1. The van der Waals surface area contributed by atoms with Crippen LogP contribution in [0.3, 0.4) is 0 Å². The van der Waals surface area contributed by atoms with Gasteiger partial charge in [0.2, 0.25) is 5.91 Å². The predicted octanol–water partition coefficient (Wildman–Crippen LogP) is 4.24. The van der Waals surface area contributed by atoms with Gasteiger partial charge in [-0.25, -0.2) is 15.0 Å². The van der Waals surface area contributed by atoms with Crippen LogP contribution in [0.2, 0.25) is 5.02 Å². The van der Waals surface area contributed by atoms with Gasteiger partial charge in [0.25, 0.3) is 5.56 Å². The highest BCUT2D eigenvalue weighted by molar-refractivity contribution is 7.99. The lowest BCUT2D eigenvalue weighted by molar-refractivity contribution is -0.113. The Morgan fingerprint density at radius 1 is 1.09 bits per heavy atom. The topological polar surface area (TPSA) is 89.8 Å². The molecule has 7 nitrogen and oxygen atoms in total. The molecule has 32 heavy (non-hydrogen) atoms. The Hall–Kier alpha value is -3.23. The summed E-state index contributed by atoms with van der Waals surface area (Å²) in [5, 5.41) is 3.93. The SMILES string of the molecule is Cc1ccc(NC(=O)CSc2nc3nccnc3c(=O)n2Cc2ccc(Cl)cc2)c(C)c1. The minimum Gasteiger partial charge on any atom is -0.325 e. The molecular weight excluding hydrogens is 446 g/mol. The number of halogens is 1. The molecule has 0 unspecified atom stereocenters. The van der Waals surface area contributed by atoms with Crippen LogP contribution in [0.15, 0.2) is 64.8 Å². The first kappa shape index (κ1) is 22.0.